The van der Waals surface area contributed by atoms with Gasteiger partial charge in [-0.05, 0) is 42.3 Å². The van der Waals surface area contributed by atoms with E-state index in [1.165, 1.54) is 6.07 Å². The minimum Gasteiger partial charge on any atom is -0.489 e. The van der Waals surface area contributed by atoms with Gasteiger partial charge in [-0.2, -0.15) is 13.2 Å². The first-order valence-corrected chi connectivity index (χ1v) is 11.7. The molecule has 3 atom stereocenters. The van der Waals surface area contributed by atoms with Crippen molar-refractivity contribution in [3.8, 4) is 17.2 Å². The number of hydrogen-bond donors (Lipinski definition) is 1. The zero-order chi connectivity index (χ0) is 25.0. The van der Waals surface area contributed by atoms with Crippen LogP contribution in [-0.2, 0) is 28.6 Å². The van der Waals surface area contributed by atoms with Crippen molar-refractivity contribution in [2.45, 2.75) is 43.9 Å². The summed E-state index contributed by atoms with van der Waals surface area (Å²) in [6, 6.07) is 12.2. The predicted molar refractivity (Wildman–Crippen MR) is 123 cm³/mol. The van der Waals surface area contributed by atoms with Crippen molar-refractivity contribution in [3.63, 3.8) is 0 Å². The van der Waals surface area contributed by atoms with Crippen LogP contribution < -0.4 is 14.8 Å². The second-order valence-corrected chi connectivity index (χ2v) is 9.38. The molecule has 3 heterocycles. The maximum Gasteiger partial charge on any atom is 0.416 e. The van der Waals surface area contributed by atoms with Crippen molar-refractivity contribution in [1.29, 1.82) is 0 Å². The lowest BCUT2D eigenvalue weighted by molar-refractivity contribution is -0.137. The van der Waals surface area contributed by atoms with Crippen LogP contribution in [0.3, 0.4) is 0 Å². The van der Waals surface area contributed by atoms with Crippen LogP contribution in [0.25, 0.3) is 0 Å². The molecule has 1 fully saturated rings. The van der Waals surface area contributed by atoms with Crippen LogP contribution in [0.15, 0.2) is 54.7 Å². The van der Waals surface area contributed by atoms with Gasteiger partial charge in [0.15, 0.2) is 0 Å². The molecular formula is C27H21F3N2O4. The second-order valence-electron chi connectivity index (χ2n) is 9.38. The van der Waals surface area contributed by atoms with Gasteiger partial charge in [0.05, 0.1) is 5.56 Å². The molecule has 36 heavy (non-hydrogen) atoms. The highest BCUT2D eigenvalue weighted by Gasteiger charge is 2.59. The number of ether oxygens (including phenoxy) is 2. The van der Waals surface area contributed by atoms with Crippen molar-refractivity contribution in [1.82, 2.24) is 4.98 Å². The number of hydrogen-bond acceptors (Lipinski definition) is 5. The molecule has 3 aliphatic rings. The number of Topliss-reactive ketones (excluding diaryl/α,β-unsaturated/α-hetero) is 1. The lowest BCUT2D eigenvalue weighted by atomic mass is 10.0. The minimum atomic E-state index is -4.44. The number of rotatable bonds is 6. The number of pyridine rings is 1. The SMILES string of the molecule is O=C(Cc1cccc(C(F)(F)F)c1)C[C@H]1C2Oc3ccc(Oc4ccnc5c4CCC(=O)N5)cc3C21. The van der Waals surface area contributed by atoms with Crippen LogP contribution in [0.5, 0.6) is 17.2 Å². The lowest BCUT2D eigenvalue weighted by Crippen LogP contribution is -2.20. The van der Waals surface area contributed by atoms with E-state index in [9.17, 15) is 22.8 Å². The number of anilines is 1. The number of alkyl halides is 3. The van der Waals surface area contributed by atoms with Gasteiger partial charge < -0.3 is 14.8 Å². The third-order valence-corrected chi connectivity index (χ3v) is 6.92. The van der Waals surface area contributed by atoms with Gasteiger partial charge in [-0.25, -0.2) is 4.98 Å². The Morgan fingerprint density at radius 3 is 2.83 bits per heavy atom. The van der Waals surface area contributed by atoms with Crippen LogP contribution in [0.4, 0.5) is 19.0 Å². The smallest absolute Gasteiger partial charge is 0.416 e. The van der Waals surface area contributed by atoms with Crippen molar-refractivity contribution in [3.05, 3.63) is 77.0 Å². The van der Waals surface area contributed by atoms with Gasteiger partial charge >= 0.3 is 6.18 Å². The van der Waals surface area contributed by atoms with Crippen LogP contribution in [0.2, 0.25) is 0 Å². The van der Waals surface area contributed by atoms with Gasteiger partial charge in [0.1, 0.15) is 35.0 Å². The maximum absolute atomic E-state index is 13.0. The molecule has 0 radical (unpaired) electrons. The molecule has 2 aromatic carbocycles. The molecule has 2 aliphatic heterocycles. The molecular weight excluding hydrogens is 473 g/mol. The van der Waals surface area contributed by atoms with E-state index in [4.69, 9.17) is 9.47 Å². The predicted octanol–water partition coefficient (Wildman–Crippen LogP) is 5.45. The van der Waals surface area contributed by atoms with Crippen LogP contribution in [0.1, 0.15) is 41.0 Å². The van der Waals surface area contributed by atoms with Gasteiger partial charge in [-0.1, -0.05) is 18.2 Å². The zero-order valence-electron chi connectivity index (χ0n) is 19.0. The molecule has 6 nitrogen and oxygen atoms in total. The highest BCUT2D eigenvalue weighted by molar-refractivity contribution is 5.93. The fourth-order valence-electron chi connectivity index (χ4n) is 5.16. The van der Waals surface area contributed by atoms with E-state index >= 15 is 0 Å². The number of benzene rings is 2. The number of nitrogens with zero attached hydrogens (tertiary/aromatic N) is 1. The quantitative estimate of drug-likeness (QED) is 0.493. The Hall–Kier alpha value is -3.88. The number of nitrogens with one attached hydrogen (secondary N) is 1. The first kappa shape index (κ1) is 22.6. The van der Waals surface area contributed by atoms with E-state index in [0.29, 0.717) is 35.7 Å². The van der Waals surface area contributed by atoms with Gasteiger partial charge in [0.2, 0.25) is 5.91 Å². The molecule has 2 unspecified atom stereocenters. The van der Waals surface area contributed by atoms with E-state index in [2.05, 4.69) is 10.3 Å². The molecule has 1 aromatic heterocycles. The molecule has 1 aliphatic carbocycles. The summed E-state index contributed by atoms with van der Waals surface area (Å²) in [6.07, 6.45) is -1.85. The van der Waals surface area contributed by atoms with E-state index in [1.54, 1.807) is 18.3 Å². The first-order chi connectivity index (χ1) is 17.3. The van der Waals surface area contributed by atoms with Crippen LogP contribution >= 0.6 is 0 Å². The van der Waals surface area contributed by atoms with Crippen molar-refractivity contribution < 1.29 is 32.2 Å². The van der Waals surface area contributed by atoms with Crippen molar-refractivity contribution in [2.24, 2.45) is 5.92 Å². The number of aromatic nitrogens is 1. The maximum atomic E-state index is 13.0. The lowest BCUT2D eigenvalue weighted by Gasteiger charge is -2.19. The number of carbonyl (C=O) groups excluding carboxylic acids is 2. The highest BCUT2D eigenvalue weighted by atomic mass is 19.4. The number of fused-ring (bicyclic) bond motifs is 4. The van der Waals surface area contributed by atoms with Gasteiger partial charge in [0.25, 0.3) is 0 Å². The molecule has 1 amide bonds. The first-order valence-electron chi connectivity index (χ1n) is 11.7. The van der Waals surface area contributed by atoms with Gasteiger partial charge in [-0.3, -0.25) is 9.59 Å². The monoisotopic (exact) mass is 494 g/mol. The second kappa shape index (κ2) is 8.36. The third kappa shape index (κ3) is 4.19. The number of halogens is 3. The minimum absolute atomic E-state index is 0.00468. The summed E-state index contributed by atoms with van der Waals surface area (Å²) in [4.78, 5) is 28.5. The molecule has 6 rings (SSSR count). The Morgan fingerprint density at radius 1 is 1.14 bits per heavy atom. The van der Waals surface area contributed by atoms with Crippen molar-refractivity contribution >= 4 is 17.5 Å². The van der Waals surface area contributed by atoms with Crippen molar-refractivity contribution in [2.75, 3.05) is 5.32 Å². The van der Waals surface area contributed by atoms with Gasteiger partial charge in [-0.15, -0.1) is 0 Å². The Kier molecular flexibility index (Phi) is 5.24. The van der Waals surface area contributed by atoms with E-state index < -0.39 is 11.7 Å². The Bertz CT molecular complexity index is 1390. The molecule has 3 aromatic rings. The summed E-state index contributed by atoms with van der Waals surface area (Å²) in [6.45, 7) is 0. The molecule has 184 valence electrons. The Labute approximate surface area is 204 Å². The van der Waals surface area contributed by atoms with Crippen LogP contribution in [0, 0.1) is 5.92 Å². The summed E-state index contributed by atoms with van der Waals surface area (Å²) in [5.74, 6) is 2.36. The molecule has 1 saturated carbocycles. The molecule has 0 saturated heterocycles. The average Bonchev–Trinajstić information content (AvgIpc) is 3.34. The fourth-order valence-corrected chi connectivity index (χ4v) is 5.16. The summed E-state index contributed by atoms with van der Waals surface area (Å²) in [7, 11) is 0. The molecule has 1 N–H and O–H groups in total. The van der Waals surface area contributed by atoms with E-state index in [0.717, 1.165) is 29.0 Å². The number of carbonyl (C=O) groups is 2. The summed E-state index contributed by atoms with van der Waals surface area (Å²) >= 11 is 0. The summed E-state index contributed by atoms with van der Waals surface area (Å²) in [5.41, 5.74) is 1.41. The number of amides is 1. The fraction of sp³-hybridized carbons (Fsp3) is 0.296. The normalized spacial score (nSPS) is 21.5. The van der Waals surface area contributed by atoms with Gasteiger partial charge in [0, 0.05) is 48.4 Å². The van der Waals surface area contributed by atoms with E-state index in [-0.39, 0.29) is 42.5 Å². The molecule has 0 spiro atoms. The number of ketones is 1. The summed E-state index contributed by atoms with van der Waals surface area (Å²) in [5, 5.41) is 2.76. The standard InChI is InChI=1S/C27H21F3N2O4/c28-27(29,30)15-3-1-2-14(10-15)11-16(33)12-20-24-19-13-17(4-6-21(19)36-25(20)24)35-22-8-9-31-26-18(22)5-7-23(34)32-26/h1-4,6,8-10,13,20,24-25H,5,7,11-12H2,(H,31,32,34)/t20-,24?,25?/m1/s1. The highest BCUT2D eigenvalue weighted by Crippen LogP contribution is 2.60. The largest absolute Gasteiger partial charge is 0.489 e. The zero-order valence-corrected chi connectivity index (χ0v) is 19.0. The average molecular weight is 494 g/mol. The Balaban J connectivity index is 1.13. The molecule has 9 heteroatoms. The topological polar surface area (TPSA) is 77.5 Å². The third-order valence-electron chi connectivity index (χ3n) is 6.92. The summed E-state index contributed by atoms with van der Waals surface area (Å²) < 4.78 is 51.0. The molecule has 0 bridgehead atoms. The van der Waals surface area contributed by atoms with Crippen LogP contribution in [-0.4, -0.2) is 22.8 Å². The Morgan fingerprint density at radius 2 is 2.00 bits per heavy atom. The van der Waals surface area contributed by atoms with E-state index in [1.807, 2.05) is 18.2 Å².